The minimum atomic E-state index is -2.94. The molecule has 1 aliphatic carbocycles. The van der Waals surface area contributed by atoms with E-state index in [4.69, 9.17) is 13.3 Å². The molecule has 0 aromatic rings. The van der Waals surface area contributed by atoms with Crippen LogP contribution >= 0.6 is 0 Å². The van der Waals surface area contributed by atoms with E-state index in [9.17, 15) is 0 Å². The van der Waals surface area contributed by atoms with Crippen molar-refractivity contribution in [3.63, 3.8) is 0 Å². The van der Waals surface area contributed by atoms with E-state index in [1.807, 2.05) is 0 Å². The molecule has 0 aromatic heterocycles. The molecule has 1 aliphatic rings. The van der Waals surface area contributed by atoms with Crippen LogP contribution < -0.4 is 0 Å². The van der Waals surface area contributed by atoms with Gasteiger partial charge in [-0.25, -0.2) is 0 Å². The molecule has 0 aliphatic heterocycles. The summed E-state index contributed by atoms with van der Waals surface area (Å²) in [6.07, 6.45) is -3.75. The third kappa shape index (κ3) is 0.618. The van der Waals surface area contributed by atoms with E-state index in [0.29, 0.717) is 0 Å². The molecule has 0 aromatic carbocycles. The van der Waals surface area contributed by atoms with Crippen molar-refractivity contribution in [1.82, 2.24) is 0 Å². The maximum Gasteiger partial charge on any atom is 0.0567 e. The molecule has 2 atom stereocenters. The lowest BCUT2D eigenvalue weighted by Gasteiger charge is -1.73. The predicted octanol–water partition coefficient (Wildman–Crippen LogP) is 0.389. The molecule has 1 nitrogen and oxygen atoms in total. The maximum atomic E-state index is 8.71. The smallest absolute Gasteiger partial charge is 0.0567 e. The van der Waals surface area contributed by atoms with Gasteiger partial charge in [-0.05, 0) is 18.7 Å². The highest BCUT2D eigenvalue weighted by Crippen LogP contribution is 2.27. The summed E-state index contributed by atoms with van der Waals surface area (Å²) >= 11 is 0. The first-order valence-electron chi connectivity index (χ1n) is 4.38. The lowest BCUT2D eigenvalue weighted by atomic mass is 10.5. The largest absolute Gasteiger partial charge is 0.396 e. The predicted molar refractivity (Wildman–Crippen MR) is 19.8 cm³/mol. The van der Waals surface area contributed by atoms with Crippen LogP contribution in [0.4, 0.5) is 0 Å². The van der Waals surface area contributed by atoms with Crippen LogP contribution in [0.2, 0.25) is 0 Å². The lowest BCUT2D eigenvalue weighted by Crippen LogP contribution is -1.78. The third-order valence-corrected chi connectivity index (χ3v) is 0.409. The van der Waals surface area contributed by atoms with E-state index in [1.54, 1.807) is 0 Å². The molecule has 0 saturated heterocycles. The Labute approximate surface area is 40.1 Å². The van der Waals surface area contributed by atoms with Crippen molar-refractivity contribution in [2.24, 2.45) is 5.89 Å². The van der Waals surface area contributed by atoms with E-state index >= 15 is 0 Å². The van der Waals surface area contributed by atoms with E-state index in [1.165, 1.54) is 0 Å². The molecule has 0 spiro atoms. The quantitative estimate of drug-likeness (QED) is 0.481. The Bertz CT molecular complexity index is 173. The van der Waals surface area contributed by atoms with Crippen molar-refractivity contribution >= 4 is 0 Å². The molecule has 30 valence electrons. The Morgan fingerprint density at radius 1 is 2.60 bits per heavy atom. The monoisotopic (exact) mass is 78.1 g/mol. The second-order valence-electron chi connectivity index (χ2n) is 0.814. The summed E-state index contributed by atoms with van der Waals surface area (Å²) < 4.78 is 41.4. The standard InChI is InChI=1S/C4H8O/c5-3-4-1-2-4/h4-5H,1-3H2/i1D,2D2,3D2,4D. The van der Waals surface area contributed by atoms with Gasteiger partial charge in [0.25, 0.3) is 0 Å². The van der Waals surface area contributed by atoms with Crippen LogP contribution in [0.15, 0.2) is 0 Å². The fourth-order valence-corrected chi connectivity index (χ4v) is 0.101. The first kappa shape index (κ1) is 0.648. The Morgan fingerprint density at radius 3 is 3.20 bits per heavy atom. The van der Waals surface area contributed by atoms with Crippen LogP contribution in [0.1, 0.15) is 21.0 Å². The van der Waals surface area contributed by atoms with Gasteiger partial charge >= 0.3 is 0 Å². The minimum Gasteiger partial charge on any atom is -0.396 e. The molecule has 1 heteroatoms. The maximum absolute atomic E-state index is 8.71. The zero-order valence-corrected chi connectivity index (χ0v) is 2.52. The van der Waals surface area contributed by atoms with Crippen molar-refractivity contribution < 1.29 is 13.3 Å². The van der Waals surface area contributed by atoms with Crippen molar-refractivity contribution in [3.8, 4) is 0 Å². The van der Waals surface area contributed by atoms with E-state index in [-0.39, 0.29) is 0 Å². The van der Waals surface area contributed by atoms with Gasteiger partial charge in [0, 0.05) is 12.0 Å². The van der Waals surface area contributed by atoms with Crippen LogP contribution in [-0.4, -0.2) is 11.7 Å². The van der Waals surface area contributed by atoms with Gasteiger partial charge in [0.1, 0.15) is 0 Å². The first-order chi connectivity index (χ1) is 4.65. The molecule has 1 N–H and O–H groups in total. The zero-order valence-electron chi connectivity index (χ0n) is 8.52. The van der Waals surface area contributed by atoms with Gasteiger partial charge in [0.15, 0.2) is 0 Å². The second kappa shape index (κ2) is 0.977. The number of hydrogen-bond acceptors (Lipinski definition) is 1. The molecule has 1 rings (SSSR count). The van der Waals surface area contributed by atoms with Gasteiger partial charge in [-0.3, -0.25) is 0 Å². The summed E-state index contributed by atoms with van der Waals surface area (Å²) in [5, 5.41) is 8.71. The van der Waals surface area contributed by atoms with Gasteiger partial charge in [-0.2, -0.15) is 0 Å². The van der Waals surface area contributed by atoms with E-state index < -0.39 is 25.2 Å². The number of aliphatic hydroxyl groups is 1. The summed E-state index contributed by atoms with van der Waals surface area (Å²) in [5.41, 5.74) is 0. The van der Waals surface area contributed by atoms with Crippen molar-refractivity contribution in [3.05, 3.63) is 0 Å². The van der Waals surface area contributed by atoms with Gasteiger partial charge in [-0.1, -0.05) is 0 Å². The summed E-state index contributed by atoms with van der Waals surface area (Å²) in [5.74, 6) is -2.32. The van der Waals surface area contributed by atoms with Crippen LogP contribution in [0.25, 0.3) is 0 Å². The normalized spacial score (nSPS) is 94.2. The number of hydrogen-bond donors (Lipinski definition) is 1. The lowest BCUT2D eigenvalue weighted by molar-refractivity contribution is 0.277. The van der Waals surface area contributed by atoms with E-state index in [2.05, 4.69) is 0 Å². The summed E-state index contributed by atoms with van der Waals surface area (Å²) in [6.45, 7) is -2.94. The van der Waals surface area contributed by atoms with Gasteiger partial charge in [0.05, 0.1) is 2.74 Å². The second-order valence-corrected chi connectivity index (χ2v) is 0.814. The molecule has 1 saturated carbocycles. The zero-order chi connectivity index (χ0) is 9.08. The minimum absolute atomic E-state index is 1.50. The molecule has 2 unspecified atom stereocenters. The fraction of sp³-hybridized carbons (Fsp3) is 1.00. The average molecular weight is 78.1 g/mol. The Morgan fingerprint density at radius 2 is 3.20 bits per heavy atom. The molecule has 0 radical (unpaired) electrons. The Balaban J connectivity index is 2.92. The van der Waals surface area contributed by atoms with Crippen LogP contribution in [0.3, 0.4) is 0 Å². The average Bonchev–Trinajstić information content (AvgIpc) is 2.14. The Kier molecular flexibility index (Phi) is 0.126. The molecule has 0 amide bonds. The first-order valence-corrected chi connectivity index (χ1v) is 1.30. The highest BCUT2D eigenvalue weighted by molar-refractivity contribution is 4.70. The molecule has 0 bridgehead atoms. The molecule has 0 heterocycles. The Hall–Kier alpha value is -0.0400. The van der Waals surface area contributed by atoms with Crippen LogP contribution in [-0.2, 0) is 0 Å². The van der Waals surface area contributed by atoms with Crippen LogP contribution in [0.5, 0.6) is 0 Å². The van der Waals surface area contributed by atoms with Gasteiger partial charge in [0.2, 0.25) is 0 Å². The third-order valence-electron chi connectivity index (χ3n) is 0.409. The van der Waals surface area contributed by atoms with Crippen LogP contribution in [0, 0.1) is 5.89 Å². The van der Waals surface area contributed by atoms with Gasteiger partial charge < -0.3 is 5.11 Å². The molecular formula is C4H8O. The SMILES string of the molecule is [2H]C1C([2H])([2H])C1([2H])C([2H])([2H])O. The van der Waals surface area contributed by atoms with Crippen molar-refractivity contribution in [1.29, 1.82) is 0 Å². The van der Waals surface area contributed by atoms with Gasteiger partial charge in [-0.15, -0.1) is 0 Å². The van der Waals surface area contributed by atoms with Crippen molar-refractivity contribution in [2.75, 3.05) is 6.56 Å². The summed E-state index contributed by atoms with van der Waals surface area (Å²) in [6, 6.07) is 0. The van der Waals surface area contributed by atoms with E-state index in [0.717, 1.165) is 0 Å². The summed E-state index contributed by atoms with van der Waals surface area (Å²) in [4.78, 5) is 0. The molecule has 5 heavy (non-hydrogen) atoms. The topological polar surface area (TPSA) is 20.2 Å². The highest BCUT2D eigenvalue weighted by atomic mass is 16.3. The highest BCUT2D eigenvalue weighted by Gasteiger charge is 2.18. The molecular weight excluding hydrogens is 64.0 g/mol. The number of rotatable bonds is 1. The van der Waals surface area contributed by atoms with Crippen molar-refractivity contribution in [2.45, 2.75) is 12.8 Å². The molecule has 1 fully saturated rings. The summed E-state index contributed by atoms with van der Waals surface area (Å²) in [7, 11) is 0. The fourth-order valence-electron chi connectivity index (χ4n) is 0.101.